The van der Waals surface area contributed by atoms with Crippen molar-refractivity contribution in [2.24, 2.45) is 0 Å². The van der Waals surface area contributed by atoms with Crippen LogP contribution in [0.1, 0.15) is 17.5 Å². The van der Waals surface area contributed by atoms with Crippen LogP contribution >= 0.6 is 0 Å². The number of carboxylic acids is 1. The van der Waals surface area contributed by atoms with E-state index in [1.54, 1.807) is 6.07 Å². The van der Waals surface area contributed by atoms with Crippen LogP contribution in [-0.2, 0) is 20.7 Å². The van der Waals surface area contributed by atoms with Gasteiger partial charge in [0.05, 0.1) is 6.61 Å². The molecule has 6 nitrogen and oxygen atoms in total. The lowest BCUT2D eigenvalue weighted by molar-refractivity contribution is -0.148. The van der Waals surface area contributed by atoms with E-state index in [2.05, 4.69) is 5.32 Å². The molecule has 26 heavy (non-hydrogen) atoms. The van der Waals surface area contributed by atoms with Gasteiger partial charge >= 0.3 is 5.97 Å². The van der Waals surface area contributed by atoms with Crippen LogP contribution in [-0.4, -0.2) is 42.3 Å². The van der Waals surface area contributed by atoms with E-state index >= 15 is 0 Å². The number of ether oxygens (including phenoxy) is 2. The summed E-state index contributed by atoms with van der Waals surface area (Å²) in [6.07, 6.45) is 0.935. The number of carbonyl (C=O) groups is 2. The highest BCUT2D eigenvalue weighted by atomic mass is 16.5. The van der Waals surface area contributed by atoms with Gasteiger partial charge in [0.25, 0.3) is 5.91 Å². The molecule has 2 N–H and O–H groups in total. The van der Waals surface area contributed by atoms with Gasteiger partial charge in [-0.1, -0.05) is 48.5 Å². The molecular weight excluding hydrogens is 334 g/mol. The molecule has 6 heteroatoms. The molecule has 1 atom stereocenters. The van der Waals surface area contributed by atoms with Gasteiger partial charge in [0.15, 0.2) is 12.1 Å². The summed E-state index contributed by atoms with van der Waals surface area (Å²) in [6.45, 7) is 0.0346. The molecule has 1 heterocycles. The van der Waals surface area contributed by atoms with Crippen LogP contribution < -0.4 is 10.1 Å². The molecule has 1 fully saturated rings. The van der Waals surface area contributed by atoms with Crippen molar-refractivity contribution in [2.45, 2.75) is 18.4 Å². The summed E-state index contributed by atoms with van der Waals surface area (Å²) in [5.41, 5.74) is 0.744. The molecule has 0 saturated carbocycles. The molecule has 1 aliphatic heterocycles. The van der Waals surface area contributed by atoms with Crippen LogP contribution in [0.3, 0.4) is 0 Å². The molecule has 1 saturated heterocycles. The molecule has 3 rings (SSSR count). The Morgan fingerprint density at radius 1 is 1.12 bits per heavy atom. The van der Waals surface area contributed by atoms with Crippen LogP contribution in [0.15, 0.2) is 54.6 Å². The molecule has 136 valence electrons. The molecule has 2 aromatic carbocycles. The van der Waals surface area contributed by atoms with Gasteiger partial charge in [0, 0.05) is 19.4 Å². The third kappa shape index (κ3) is 4.21. The molecule has 1 aliphatic rings. The van der Waals surface area contributed by atoms with Gasteiger partial charge < -0.3 is 19.9 Å². The van der Waals surface area contributed by atoms with Gasteiger partial charge in [-0.15, -0.1) is 0 Å². The second-order valence-corrected chi connectivity index (χ2v) is 6.30. The first kappa shape index (κ1) is 17.9. The summed E-state index contributed by atoms with van der Waals surface area (Å²) in [6, 6.07) is 17.5. The van der Waals surface area contributed by atoms with Gasteiger partial charge in [-0.2, -0.15) is 0 Å². The van der Waals surface area contributed by atoms with E-state index < -0.39 is 17.4 Å². The molecule has 0 bridgehead atoms. The topological polar surface area (TPSA) is 84.9 Å². The maximum Gasteiger partial charge on any atom is 0.331 e. The normalized spacial score (nSPS) is 19.1. The number of benzene rings is 2. The van der Waals surface area contributed by atoms with Crippen molar-refractivity contribution < 1.29 is 24.2 Å². The Bertz CT molecular complexity index is 769. The summed E-state index contributed by atoms with van der Waals surface area (Å²) in [5, 5.41) is 11.9. The average Bonchev–Trinajstić information content (AvgIpc) is 3.12. The fourth-order valence-corrected chi connectivity index (χ4v) is 2.94. The van der Waals surface area contributed by atoms with Crippen molar-refractivity contribution in [1.82, 2.24) is 5.32 Å². The number of aliphatic carboxylic acids is 1. The number of para-hydroxylation sites is 1. The largest absolute Gasteiger partial charge is 0.483 e. The van der Waals surface area contributed by atoms with E-state index in [9.17, 15) is 14.7 Å². The van der Waals surface area contributed by atoms with Gasteiger partial charge in [0.1, 0.15) is 5.75 Å². The second kappa shape index (κ2) is 8.01. The monoisotopic (exact) mass is 355 g/mol. The van der Waals surface area contributed by atoms with Crippen molar-refractivity contribution in [3.05, 3.63) is 65.7 Å². The third-order valence-electron chi connectivity index (χ3n) is 4.38. The number of hydrogen-bond donors (Lipinski definition) is 2. The second-order valence-electron chi connectivity index (χ2n) is 6.30. The highest BCUT2D eigenvalue weighted by Gasteiger charge is 2.43. The summed E-state index contributed by atoms with van der Waals surface area (Å²) in [7, 11) is 0. The molecule has 1 unspecified atom stereocenters. The summed E-state index contributed by atoms with van der Waals surface area (Å²) >= 11 is 0. The quantitative estimate of drug-likeness (QED) is 0.794. The van der Waals surface area contributed by atoms with E-state index in [0.29, 0.717) is 18.8 Å². The van der Waals surface area contributed by atoms with E-state index in [1.807, 2.05) is 48.5 Å². The molecule has 2 aromatic rings. The Morgan fingerprint density at radius 2 is 1.85 bits per heavy atom. The standard InChI is InChI=1S/C20H21NO5/c22-18(21-20(19(23)24)10-11-25-14-20)13-26-17-9-5-4-8-16(17)12-15-6-2-1-3-7-15/h1-9H,10-14H2,(H,21,22)(H,23,24). The van der Waals surface area contributed by atoms with E-state index in [4.69, 9.17) is 9.47 Å². The Kier molecular flexibility index (Phi) is 5.53. The zero-order valence-electron chi connectivity index (χ0n) is 14.3. The number of hydrogen-bond acceptors (Lipinski definition) is 4. The lowest BCUT2D eigenvalue weighted by atomic mass is 9.99. The van der Waals surface area contributed by atoms with E-state index in [-0.39, 0.29) is 19.6 Å². The minimum absolute atomic E-state index is 0.0291. The SMILES string of the molecule is O=C(COc1ccccc1Cc1ccccc1)NC1(C(=O)O)CCOC1. The predicted molar refractivity (Wildman–Crippen MR) is 95.1 cm³/mol. The Hall–Kier alpha value is -2.86. The Morgan fingerprint density at radius 3 is 2.54 bits per heavy atom. The number of amides is 1. The van der Waals surface area contributed by atoms with Crippen molar-refractivity contribution in [1.29, 1.82) is 0 Å². The minimum Gasteiger partial charge on any atom is -0.483 e. The lowest BCUT2D eigenvalue weighted by Crippen LogP contribution is -2.56. The van der Waals surface area contributed by atoms with Crippen LogP contribution in [0.2, 0.25) is 0 Å². The average molecular weight is 355 g/mol. The highest BCUT2D eigenvalue weighted by molar-refractivity contribution is 5.88. The molecule has 0 aromatic heterocycles. The van der Waals surface area contributed by atoms with Gasteiger partial charge in [0.2, 0.25) is 0 Å². The number of nitrogens with one attached hydrogen (secondary N) is 1. The first-order chi connectivity index (χ1) is 12.6. The summed E-state index contributed by atoms with van der Waals surface area (Å²) in [4.78, 5) is 23.7. The fraction of sp³-hybridized carbons (Fsp3) is 0.300. The van der Waals surface area contributed by atoms with Crippen LogP contribution in [0.25, 0.3) is 0 Å². The van der Waals surface area contributed by atoms with Crippen LogP contribution in [0.4, 0.5) is 0 Å². The zero-order chi connectivity index (χ0) is 18.4. The summed E-state index contributed by atoms with van der Waals surface area (Å²) in [5.74, 6) is -0.959. The van der Waals surface area contributed by atoms with Gasteiger partial charge in [-0.25, -0.2) is 4.79 Å². The molecule has 1 amide bonds. The minimum atomic E-state index is -1.36. The van der Waals surface area contributed by atoms with E-state index in [1.165, 1.54) is 0 Å². The fourth-order valence-electron chi connectivity index (χ4n) is 2.94. The molecular formula is C20H21NO5. The van der Waals surface area contributed by atoms with Gasteiger partial charge in [-0.3, -0.25) is 4.79 Å². The first-order valence-electron chi connectivity index (χ1n) is 8.46. The maximum atomic E-state index is 12.2. The van der Waals surface area contributed by atoms with Crippen molar-refractivity contribution >= 4 is 11.9 Å². The Labute approximate surface area is 151 Å². The molecule has 0 radical (unpaired) electrons. The number of carboxylic acid groups (broad SMARTS) is 1. The number of rotatable bonds is 7. The maximum absolute atomic E-state index is 12.2. The molecule has 0 aliphatic carbocycles. The Balaban J connectivity index is 1.63. The first-order valence-corrected chi connectivity index (χ1v) is 8.46. The van der Waals surface area contributed by atoms with Crippen molar-refractivity contribution in [3.63, 3.8) is 0 Å². The zero-order valence-corrected chi connectivity index (χ0v) is 14.3. The van der Waals surface area contributed by atoms with E-state index in [0.717, 1.165) is 11.1 Å². The highest BCUT2D eigenvalue weighted by Crippen LogP contribution is 2.22. The van der Waals surface area contributed by atoms with Gasteiger partial charge in [-0.05, 0) is 17.2 Å². The van der Waals surface area contributed by atoms with Crippen molar-refractivity contribution in [3.8, 4) is 5.75 Å². The third-order valence-corrected chi connectivity index (χ3v) is 4.38. The molecule has 0 spiro atoms. The van der Waals surface area contributed by atoms with Crippen molar-refractivity contribution in [2.75, 3.05) is 19.8 Å². The predicted octanol–water partition coefficient (Wildman–Crippen LogP) is 2.02. The smallest absolute Gasteiger partial charge is 0.331 e. The van der Waals surface area contributed by atoms with Crippen LogP contribution in [0.5, 0.6) is 5.75 Å². The van der Waals surface area contributed by atoms with Crippen LogP contribution in [0, 0.1) is 0 Å². The number of carbonyl (C=O) groups excluding carboxylic acids is 1. The lowest BCUT2D eigenvalue weighted by Gasteiger charge is -2.23. The summed E-state index contributed by atoms with van der Waals surface area (Å²) < 4.78 is 10.8.